The summed E-state index contributed by atoms with van der Waals surface area (Å²) >= 11 is 0. The van der Waals surface area contributed by atoms with Crippen LogP contribution < -0.4 is 15.2 Å². The Labute approximate surface area is 120 Å². The van der Waals surface area contributed by atoms with Gasteiger partial charge >= 0.3 is 0 Å². The highest BCUT2D eigenvalue weighted by Gasteiger charge is 2.12. The van der Waals surface area contributed by atoms with Crippen LogP contribution in [-0.2, 0) is 0 Å². The molecule has 0 radical (unpaired) electrons. The summed E-state index contributed by atoms with van der Waals surface area (Å²) in [5.74, 6) is 1.17. The van der Waals surface area contributed by atoms with E-state index < -0.39 is 4.92 Å². The number of hydrogen-bond donors (Lipinski definition) is 1. The molecule has 0 aliphatic carbocycles. The molecular weight excluding hydrogens is 274 g/mol. The van der Waals surface area contributed by atoms with Crippen LogP contribution in [0.3, 0.4) is 0 Å². The number of nitro groups is 1. The Balaban J connectivity index is 2.32. The molecule has 21 heavy (non-hydrogen) atoms. The predicted octanol–water partition coefficient (Wildman–Crippen LogP) is 2.85. The number of nitrogens with zero attached hydrogens (tertiary/aromatic N) is 2. The molecule has 106 valence electrons. The summed E-state index contributed by atoms with van der Waals surface area (Å²) in [4.78, 5) is 10.1. The van der Waals surface area contributed by atoms with Gasteiger partial charge in [-0.05, 0) is 18.2 Å². The lowest BCUT2D eigenvalue weighted by Crippen LogP contribution is -1.96. The average Bonchev–Trinajstić information content (AvgIpc) is 2.46. The highest BCUT2D eigenvalue weighted by atomic mass is 16.6. The number of benzene rings is 2. The van der Waals surface area contributed by atoms with Crippen LogP contribution in [0.25, 0.3) is 0 Å². The second-order valence-corrected chi connectivity index (χ2v) is 4.09. The van der Waals surface area contributed by atoms with Crippen molar-refractivity contribution in [3.05, 3.63) is 52.1 Å². The molecule has 2 N–H and O–H groups in total. The van der Waals surface area contributed by atoms with Crippen molar-refractivity contribution in [2.45, 2.75) is 0 Å². The molecule has 2 aromatic carbocycles. The number of nitriles is 1. The number of rotatable bonds is 4. The fourth-order valence-corrected chi connectivity index (χ4v) is 1.71. The van der Waals surface area contributed by atoms with Gasteiger partial charge in [-0.2, -0.15) is 5.26 Å². The van der Waals surface area contributed by atoms with E-state index in [0.29, 0.717) is 22.8 Å². The van der Waals surface area contributed by atoms with Gasteiger partial charge in [0.25, 0.3) is 5.69 Å². The molecule has 2 rings (SSSR count). The van der Waals surface area contributed by atoms with Gasteiger partial charge in [-0.3, -0.25) is 10.1 Å². The summed E-state index contributed by atoms with van der Waals surface area (Å²) < 4.78 is 10.6. The predicted molar refractivity (Wildman–Crippen MR) is 75.3 cm³/mol. The molecule has 0 aromatic heterocycles. The first kappa shape index (κ1) is 14.1. The van der Waals surface area contributed by atoms with Crippen LogP contribution in [0, 0.1) is 21.4 Å². The van der Waals surface area contributed by atoms with Gasteiger partial charge in [0.05, 0.1) is 23.7 Å². The SMILES string of the molecule is COc1cc(C#N)cc(Oc2ccc([N+](=O)[O-])c(N)c2)c1. The third-order valence-corrected chi connectivity index (χ3v) is 2.68. The number of nitro benzene ring substituents is 1. The fourth-order valence-electron chi connectivity index (χ4n) is 1.71. The number of methoxy groups -OCH3 is 1. The second kappa shape index (κ2) is 5.79. The van der Waals surface area contributed by atoms with Crippen LogP contribution >= 0.6 is 0 Å². The molecule has 0 spiro atoms. The minimum atomic E-state index is -0.571. The molecule has 0 saturated heterocycles. The van der Waals surface area contributed by atoms with Crippen LogP contribution in [0.4, 0.5) is 11.4 Å². The van der Waals surface area contributed by atoms with Crippen LogP contribution in [0.2, 0.25) is 0 Å². The Morgan fingerprint density at radius 3 is 2.48 bits per heavy atom. The highest BCUT2D eigenvalue weighted by molar-refractivity contribution is 5.61. The van der Waals surface area contributed by atoms with Gasteiger partial charge in [-0.1, -0.05) is 0 Å². The molecular formula is C14H11N3O4. The van der Waals surface area contributed by atoms with Crippen molar-refractivity contribution in [2.75, 3.05) is 12.8 Å². The first-order valence-corrected chi connectivity index (χ1v) is 5.84. The number of hydrogen-bond acceptors (Lipinski definition) is 6. The summed E-state index contributed by atoms with van der Waals surface area (Å²) in [6, 6.07) is 10.7. The standard InChI is InChI=1S/C14H11N3O4/c1-20-11-4-9(8-15)5-12(6-11)21-10-2-3-14(17(18)19)13(16)7-10/h2-7H,16H2,1H3. The molecule has 0 atom stereocenters. The van der Waals surface area contributed by atoms with Crippen molar-refractivity contribution < 1.29 is 14.4 Å². The van der Waals surface area contributed by atoms with Gasteiger partial charge in [-0.25, -0.2) is 0 Å². The maximum atomic E-state index is 10.7. The summed E-state index contributed by atoms with van der Waals surface area (Å²) in [5.41, 5.74) is 5.78. The van der Waals surface area contributed by atoms with E-state index in [1.165, 1.54) is 31.4 Å². The van der Waals surface area contributed by atoms with E-state index in [9.17, 15) is 10.1 Å². The Kier molecular flexibility index (Phi) is 3.90. The Hall–Kier alpha value is -3.27. The molecule has 0 aliphatic heterocycles. The smallest absolute Gasteiger partial charge is 0.292 e. The number of nitrogen functional groups attached to an aromatic ring is 1. The quantitative estimate of drug-likeness (QED) is 0.525. The molecule has 0 heterocycles. The lowest BCUT2D eigenvalue weighted by atomic mass is 10.2. The molecule has 0 amide bonds. The normalized spacial score (nSPS) is 9.71. The van der Waals surface area contributed by atoms with Crippen molar-refractivity contribution >= 4 is 11.4 Å². The van der Waals surface area contributed by atoms with E-state index in [-0.39, 0.29) is 11.4 Å². The van der Waals surface area contributed by atoms with Crippen LogP contribution in [0.15, 0.2) is 36.4 Å². The van der Waals surface area contributed by atoms with Gasteiger partial charge in [0, 0.05) is 18.2 Å². The average molecular weight is 285 g/mol. The van der Waals surface area contributed by atoms with Crippen molar-refractivity contribution in [2.24, 2.45) is 0 Å². The monoisotopic (exact) mass is 285 g/mol. The Bertz CT molecular complexity index is 737. The van der Waals surface area contributed by atoms with E-state index in [4.69, 9.17) is 20.5 Å². The maximum Gasteiger partial charge on any atom is 0.292 e. The lowest BCUT2D eigenvalue weighted by Gasteiger charge is -2.08. The third-order valence-electron chi connectivity index (χ3n) is 2.68. The zero-order chi connectivity index (χ0) is 15.4. The number of anilines is 1. The van der Waals surface area contributed by atoms with Crippen molar-refractivity contribution in [3.8, 4) is 23.3 Å². The van der Waals surface area contributed by atoms with E-state index in [1.807, 2.05) is 6.07 Å². The topological polar surface area (TPSA) is 111 Å². The molecule has 0 unspecified atom stereocenters. The lowest BCUT2D eigenvalue weighted by molar-refractivity contribution is -0.383. The Morgan fingerprint density at radius 2 is 1.90 bits per heavy atom. The molecule has 0 aliphatic rings. The van der Waals surface area contributed by atoms with E-state index in [0.717, 1.165) is 0 Å². The molecule has 0 saturated carbocycles. The minimum absolute atomic E-state index is 0.000836. The first-order chi connectivity index (χ1) is 10.0. The van der Waals surface area contributed by atoms with Crippen LogP contribution in [0.5, 0.6) is 17.2 Å². The summed E-state index contributed by atoms with van der Waals surface area (Å²) in [6.45, 7) is 0. The third kappa shape index (κ3) is 3.19. The summed E-state index contributed by atoms with van der Waals surface area (Å²) in [7, 11) is 1.48. The largest absolute Gasteiger partial charge is 0.497 e. The van der Waals surface area contributed by atoms with E-state index >= 15 is 0 Å². The summed E-state index contributed by atoms with van der Waals surface area (Å²) in [6.07, 6.45) is 0. The molecule has 0 bridgehead atoms. The van der Waals surface area contributed by atoms with Gasteiger partial charge in [0.2, 0.25) is 0 Å². The van der Waals surface area contributed by atoms with Crippen LogP contribution in [-0.4, -0.2) is 12.0 Å². The van der Waals surface area contributed by atoms with Gasteiger partial charge < -0.3 is 15.2 Å². The fraction of sp³-hybridized carbons (Fsp3) is 0.0714. The molecule has 7 heteroatoms. The van der Waals surface area contributed by atoms with Gasteiger partial charge in [0.15, 0.2) is 0 Å². The highest BCUT2D eigenvalue weighted by Crippen LogP contribution is 2.31. The van der Waals surface area contributed by atoms with Crippen molar-refractivity contribution in [1.82, 2.24) is 0 Å². The number of nitrogens with two attached hydrogens (primary N) is 1. The van der Waals surface area contributed by atoms with Crippen molar-refractivity contribution in [3.63, 3.8) is 0 Å². The molecule has 7 nitrogen and oxygen atoms in total. The molecule has 0 fully saturated rings. The maximum absolute atomic E-state index is 10.7. The van der Waals surface area contributed by atoms with Gasteiger partial charge in [0.1, 0.15) is 22.9 Å². The van der Waals surface area contributed by atoms with E-state index in [2.05, 4.69) is 0 Å². The molecule has 2 aromatic rings. The van der Waals surface area contributed by atoms with E-state index in [1.54, 1.807) is 12.1 Å². The minimum Gasteiger partial charge on any atom is -0.497 e. The first-order valence-electron chi connectivity index (χ1n) is 5.84. The Morgan fingerprint density at radius 1 is 1.19 bits per heavy atom. The number of ether oxygens (including phenoxy) is 2. The van der Waals surface area contributed by atoms with Gasteiger partial charge in [-0.15, -0.1) is 0 Å². The van der Waals surface area contributed by atoms with Crippen molar-refractivity contribution in [1.29, 1.82) is 5.26 Å². The summed E-state index contributed by atoms with van der Waals surface area (Å²) in [5, 5.41) is 19.6. The zero-order valence-corrected chi connectivity index (χ0v) is 11.1. The van der Waals surface area contributed by atoms with Crippen LogP contribution in [0.1, 0.15) is 5.56 Å². The second-order valence-electron chi connectivity index (χ2n) is 4.09. The zero-order valence-electron chi connectivity index (χ0n) is 11.1.